The maximum Gasteiger partial charge on any atom is 0.0503 e. The van der Waals surface area contributed by atoms with Crippen LogP contribution in [-0.2, 0) is 4.74 Å². The number of ether oxygens (including phenoxy) is 1. The fraction of sp³-hybridized carbons (Fsp3) is 1.00. The van der Waals surface area contributed by atoms with Crippen LogP contribution in [0.15, 0.2) is 0 Å². The number of hydrogen-bond acceptors (Lipinski definition) is 1. The van der Waals surface area contributed by atoms with Gasteiger partial charge in [0.15, 0.2) is 0 Å². The van der Waals surface area contributed by atoms with E-state index >= 15 is 0 Å². The van der Waals surface area contributed by atoms with Crippen LogP contribution >= 0.6 is 0 Å². The molecule has 0 bridgehead atoms. The van der Waals surface area contributed by atoms with Gasteiger partial charge < -0.3 is 4.74 Å². The van der Waals surface area contributed by atoms with Crippen LogP contribution in [0.3, 0.4) is 0 Å². The Kier molecular flexibility index (Phi) is 3.01. The lowest BCUT2D eigenvalue weighted by molar-refractivity contribution is 0.137. The first-order chi connectivity index (χ1) is 4.43. The van der Waals surface area contributed by atoms with Gasteiger partial charge in [0.1, 0.15) is 0 Å². The molecule has 0 spiro atoms. The standard InChI is InChI=1S/C7H14NO/c1-9-6-7-3-2-4-8-5-7/h7H,2-6H2,1H3. The molecule has 0 amide bonds. The van der Waals surface area contributed by atoms with Gasteiger partial charge in [-0.15, -0.1) is 0 Å². The summed E-state index contributed by atoms with van der Waals surface area (Å²) >= 11 is 0. The number of hydrogen-bond donors (Lipinski definition) is 0. The molecule has 1 radical (unpaired) electrons. The van der Waals surface area contributed by atoms with Crippen LogP contribution in [0, 0.1) is 5.92 Å². The van der Waals surface area contributed by atoms with Gasteiger partial charge in [0.05, 0.1) is 6.61 Å². The van der Waals surface area contributed by atoms with E-state index in [1.807, 2.05) is 0 Å². The van der Waals surface area contributed by atoms with Gasteiger partial charge in [-0.1, -0.05) is 0 Å². The number of rotatable bonds is 2. The van der Waals surface area contributed by atoms with Crippen LogP contribution in [-0.4, -0.2) is 26.8 Å². The Labute approximate surface area is 56.6 Å². The molecule has 0 N–H and O–H groups in total. The Morgan fingerprint density at radius 2 is 2.56 bits per heavy atom. The Hall–Kier alpha value is -0.0800. The molecule has 0 aromatic rings. The minimum Gasteiger partial charge on any atom is -0.384 e. The molecule has 1 fully saturated rings. The van der Waals surface area contributed by atoms with Crippen molar-refractivity contribution >= 4 is 0 Å². The van der Waals surface area contributed by atoms with E-state index in [2.05, 4.69) is 5.32 Å². The van der Waals surface area contributed by atoms with Crippen LogP contribution < -0.4 is 5.32 Å². The third-order valence-corrected chi connectivity index (χ3v) is 1.72. The SMILES string of the molecule is COCC1CCC[N]C1. The fourth-order valence-corrected chi connectivity index (χ4v) is 1.23. The third kappa shape index (κ3) is 2.33. The molecule has 1 atom stereocenters. The molecule has 9 heavy (non-hydrogen) atoms. The van der Waals surface area contributed by atoms with Gasteiger partial charge in [0, 0.05) is 20.2 Å². The molecule has 1 aliphatic rings. The average molecular weight is 128 g/mol. The van der Waals surface area contributed by atoms with Gasteiger partial charge in [0.25, 0.3) is 0 Å². The lowest BCUT2D eigenvalue weighted by Crippen LogP contribution is -2.27. The predicted molar refractivity (Wildman–Crippen MR) is 36.5 cm³/mol. The van der Waals surface area contributed by atoms with E-state index in [9.17, 15) is 0 Å². The Bertz CT molecular complexity index is 66.6. The normalized spacial score (nSPS) is 28.3. The third-order valence-electron chi connectivity index (χ3n) is 1.72. The van der Waals surface area contributed by atoms with Crippen LogP contribution in [0.4, 0.5) is 0 Å². The minimum atomic E-state index is 0.712. The molecule has 1 rings (SSSR count). The molecule has 0 aliphatic carbocycles. The van der Waals surface area contributed by atoms with E-state index in [0.717, 1.165) is 19.7 Å². The smallest absolute Gasteiger partial charge is 0.0503 e. The molecule has 0 aromatic carbocycles. The van der Waals surface area contributed by atoms with E-state index in [4.69, 9.17) is 4.74 Å². The summed E-state index contributed by atoms with van der Waals surface area (Å²) in [6, 6.07) is 0. The molecule has 1 unspecified atom stereocenters. The van der Waals surface area contributed by atoms with E-state index in [1.54, 1.807) is 7.11 Å². The zero-order chi connectivity index (χ0) is 6.53. The molecule has 53 valence electrons. The molecule has 1 aliphatic heterocycles. The van der Waals surface area contributed by atoms with Crippen molar-refractivity contribution in [2.45, 2.75) is 12.8 Å². The van der Waals surface area contributed by atoms with Crippen LogP contribution in [0.2, 0.25) is 0 Å². The Morgan fingerprint density at radius 1 is 1.67 bits per heavy atom. The quantitative estimate of drug-likeness (QED) is 0.535. The molecule has 2 nitrogen and oxygen atoms in total. The molecule has 0 saturated carbocycles. The second kappa shape index (κ2) is 3.85. The maximum atomic E-state index is 5.02. The van der Waals surface area contributed by atoms with Crippen molar-refractivity contribution in [2.24, 2.45) is 5.92 Å². The highest BCUT2D eigenvalue weighted by Gasteiger charge is 2.12. The highest BCUT2D eigenvalue weighted by Crippen LogP contribution is 2.09. The fourth-order valence-electron chi connectivity index (χ4n) is 1.23. The second-order valence-electron chi connectivity index (χ2n) is 2.59. The summed E-state index contributed by atoms with van der Waals surface area (Å²) in [5.41, 5.74) is 0. The van der Waals surface area contributed by atoms with E-state index < -0.39 is 0 Å². The highest BCUT2D eigenvalue weighted by molar-refractivity contribution is 4.67. The van der Waals surface area contributed by atoms with E-state index in [0.29, 0.717) is 5.92 Å². The van der Waals surface area contributed by atoms with Crippen molar-refractivity contribution in [1.82, 2.24) is 5.32 Å². The zero-order valence-electron chi connectivity index (χ0n) is 5.97. The van der Waals surface area contributed by atoms with Gasteiger partial charge in [-0.05, 0) is 18.8 Å². The summed E-state index contributed by atoms with van der Waals surface area (Å²) in [7, 11) is 1.76. The molecule has 2 heteroatoms. The van der Waals surface area contributed by atoms with Gasteiger partial charge in [-0.2, -0.15) is 0 Å². The Balaban J connectivity index is 2.08. The summed E-state index contributed by atoms with van der Waals surface area (Å²) in [6.45, 7) is 2.98. The van der Waals surface area contributed by atoms with Crippen molar-refractivity contribution in [3.05, 3.63) is 0 Å². The van der Waals surface area contributed by atoms with Gasteiger partial charge in [0.2, 0.25) is 0 Å². The van der Waals surface area contributed by atoms with Crippen molar-refractivity contribution < 1.29 is 4.74 Å². The topological polar surface area (TPSA) is 23.3 Å². The van der Waals surface area contributed by atoms with Crippen molar-refractivity contribution in [2.75, 3.05) is 26.8 Å². The first-order valence-corrected chi connectivity index (χ1v) is 3.55. The molecular weight excluding hydrogens is 114 g/mol. The van der Waals surface area contributed by atoms with Crippen molar-refractivity contribution in [3.63, 3.8) is 0 Å². The van der Waals surface area contributed by atoms with Crippen LogP contribution in [0.25, 0.3) is 0 Å². The van der Waals surface area contributed by atoms with E-state index in [1.165, 1.54) is 12.8 Å². The van der Waals surface area contributed by atoms with Crippen molar-refractivity contribution in [1.29, 1.82) is 0 Å². The van der Waals surface area contributed by atoms with Gasteiger partial charge >= 0.3 is 0 Å². The molecular formula is C7H14NO. The predicted octanol–water partition coefficient (Wildman–Crippen LogP) is 0.647. The average Bonchev–Trinajstić information content (AvgIpc) is 1.91. The zero-order valence-corrected chi connectivity index (χ0v) is 5.97. The summed E-state index contributed by atoms with van der Waals surface area (Å²) in [5, 5.41) is 4.30. The van der Waals surface area contributed by atoms with Crippen LogP contribution in [0.5, 0.6) is 0 Å². The number of nitrogens with zero attached hydrogens (tertiary/aromatic N) is 1. The lowest BCUT2D eigenvalue weighted by atomic mass is 10.0. The summed E-state index contributed by atoms with van der Waals surface area (Å²) in [5.74, 6) is 0.712. The first-order valence-electron chi connectivity index (χ1n) is 3.55. The minimum absolute atomic E-state index is 0.712. The summed E-state index contributed by atoms with van der Waals surface area (Å²) in [4.78, 5) is 0. The molecule has 0 aromatic heterocycles. The van der Waals surface area contributed by atoms with Gasteiger partial charge in [-0.25, -0.2) is 5.32 Å². The highest BCUT2D eigenvalue weighted by atomic mass is 16.5. The number of piperidine rings is 1. The largest absolute Gasteiger partial charge is 0.384 e. The Morgan fingerprint density at radius 3 is 3.11 bits per heavy atom. The molecule has 1 heterocycles. The summed E-state index contributed by atoms with van der Waals surface area (Å²) in [6.07, 6.45) is 2.56. The molecule has 1 saturated heterocycles. The number of methoxy groups -OCH3 is 1. The first kappa shape index (κ1) is 7.03. The van der Waals surface area contributed by atoms with Crippen LogP contribution in [0.1, 0.15) is 12.8 Å². The summed E-state index contributed by atoms with van der Waals surface area (Å²) < 4.78 is 5.02. The second-order valence-corrected chi connectivity index (χ2v) is 2.59. The maximum absolute atomic E-state index is 5.02. The lowest BCUT2D eigenvalue weighted by Gasteiger charge is -2.19. The van der Waals surface area contributed by atoms with Crippen molar-refractivity contribution in [3.8, 4) is 0 Å². The monoisotopic (exact) mass is 128 g/mol. The van der Waals surface area contributed by atoms with Gasteiger partial charge in [-0.3, -0.25) is 0 Å². The van der Waals surface area contributed by atoms with E-state index in [-0.39, 0.29) is 0 Å².